The number of benzene rings is 1. The van der Waals surface area contributed by atoms with Gasteiger partial charge < -0.3 is 11.1 Å². The van der Waals surface area contributed by atoms with Gasteiger partial charge in [0.15, 0.2) is 0 Å². The summed E-state index contributed by atoms with van der Waals surface area (Å²) in [4.78, 5) is 3.95. The van der Waals surface area contributed by atoms with Gasteiger partial charge in [-0.25, -0.2) is 9.37 Å². The number of halogens is 1. The van der Waals surface area contributed by atoms with Gasteiger partial charge in [0.2, 0.25) is 0 Å². The molecule has 0 saturated heterocycles. The van der Waals surface area contributed by atoms with Gasteiger partial charge in [0.1, 0.15) is 11.6 Å². The molecule has 0 fully saturated rings. The summed E-state index contributed by atoms with van der Waals surface area (Å²) in [6.45, 7) is 1.92. The first-order valence-electron chi connectivity index (χ1n) is 5.40. The van der Waals surface area contributed by atoms with E-state index in [1.54, 1.807) is 6.07 Å². The van der Waals surface area contributed by atoms with E-state index < -0.39 is 0 Å². The summed E-state index contributed by atoms with van der Waals surface area (Å²) in [6, 6.07) is 10.6. The Balaban J connectivity index is 2.26. The van der Waals surface area contributed by atoms with Crippen molar-refractivity contribution in [2.45, 2.75) is 13.0 Å². The van der Waals surface area contributed by atoms with Crippen LogP contribution in [0.4, 0.5) is 15.9 Å². The Morgan fingerprint density at radius 3 is 2.65 bits per heavy atom. The molecule has 0 aliphatic rings. The normalized spacial score (nSPS) is 12.2. The molecule has 1 aromatic carbocycles. The topological polar surface area (TPSA) is 50.9 Å². The van der Waals surface area contributed by atoms with E-state index in [0.717, 1.165) is 11.3 Å². The van der Waals surface area contributed by atoms with Gasteiger partial charge in [-0.15, -0.1) is 0 Å². The molecule has 88 valence electrons. The van der Waals surface area contributed by atoms with Crippen LogP contribution in [0.2, 0.25) is 0 Å². The Morgan fingerprint density at radius 2 is 2.00 bits per heavy atom. The van der Waals surface area contributed by atoms with Gasteiger partial charge in [0, 0.05) is 11.7 Å². The molecule has 2 aromatic rings. The number of anilines is 2. The molecule has 3 nitrogen and oxygen atoms in total. The van der Waals surface area contributed by atoms with Crippen molar-refractivity contribution in [3.63, 3.8) is 0 Å². The number of pyridine rings is 1. The number of para-hydroxylation sites is 1. The van der Waals surface area contributed by atoms with Crippen LogP contribution in [0.5, 0.6) is 0 Å². The Hall–Kier alpha value is -1.94. The average molecular weight is 231 g/mol. The monoisotopic (exact) mass is 231 g/mol. The second-order valence-corrected chi connectivity index (χ2v) is 3.86. The first-order chi connectivity index (χ1) is 8.16. The third kappa shape index (κ3) is 2.79. The van der Waals surface area contributed by atoms with Crippen molar-refractivity contribution in [1.29, 1.82) is 0 Å². The number of aromatic nitrogens is 1. The maximum atomic E-state index is 12.7. The van der Waals surface area contributed by atoms with Crippen LogP contribution in [-0.2, 0) is 0 Å². The van der Waals surface area contributed by atoms with Gasteiger partial charge in [0.05, 0.1) is 6.20 Å². The molecule has 17 heavy (non-hydrogen) atoms. The van der Waals surface area contributed by atoms with Crippen molar-refractivity contribution in [2.24, 2.45) is 5.73 Å². The molecule has 0 spiro atoms. The first kappa shape index (κ1) is 11.5. The second kappa shape index (κ2) is 4.93. The molecule has 0 aliphatic carbocycles. The molecule has 1 heterocycles. The lowest BCUT2D eigenvalue weighted by molar-refractivity contribution is 0.622. The van der Waals surface area contributed by atoms with E-state index in [1.165, 1.54) is 12.3 Å². The number of nitrogens with one attached hydrogen (secondary N) is 1. The fraction of sp³-hybridized carbons (Fsp3) is 0.154. The van der Waals surface area contributed by atoms with Gasteiger partial charge in [-0.1, -0.05) is 18.2 Å². The smallest absolute Gasteiger partial charge is 0.141 e. The highest BCUT2D eigenvalue weighted by atomic mass is 19.1. The zero-order valence-corrected chi connectivity index (χ0v) is 9.52. The van der Waals surface area contributed by atoms with E-state index >= 15 is 0 Å². The third-order valence-corrected chi connectivity index (χ3v) is 2.44. The maximum Gasteiger partial charge on any atom is 0.141 e. The van der Waals surface area contributed by atoms with Crippen LogP contribution in [0.3, 0.4) is 0 Å². The maximum absolute atomic E-state index is 12.7. The Morgan fingerprint density at radius 1 is 1.24 bits per heavy atom. The fourth-order valence-corrected chi connectivity index (χ4v) is 1.60. The van der Waals surface area contributed by atoms with Crippen molar-refractivity contribution in [1.82, 2.24) is 4.98 Å². The Kier molecular flexibility index (Phi) is 3.35. The van der Waals surface area contributed by atoms with Gasteiger partial charge in [-0.2, -0.15) is 0 Å². The quantitative estimate of drug-likeness (QED) is 0.853. The molecular weight excluding hydrogens is 217 g/mol. The van der Waals surface area contributed by atoms with Crippen LogP contribution in [0.1, 0.15) is 18.5 Å². The number of nitrogens with two attached hydrogens (primary N) is 1. The van der Waals surface area contributed by atoms with Crippen LogP contribution in [0.25, 0.3) is 0 Å². The van der Waals surface area contributed by atoms with E-state index in [1.807, 2.05) is 31.2 Å². The largest absolute Gasteiger partial charge is 0.340 e. The molecule has 0 bridgehead atoms. The number of hydrogen-bond donors (Lipinski definition) is 2. The summed E-state index contributed by atoms with van der Waals surface area (Å²) < 4.78 is 12.7. The summed E-state index contributed by atoms with van der Waals surface area (Å²) in [5.41, 5.74) is 7.76. The lowest BCUT2D eigenvalue weighted by Crippen LogP contribution is -2.08. The van der Waals surface area contributed by atoms with E-state index in [4.69, 9.17) is 5.73 Å². The van der Waals surface area contributed by atoms with Crippen molar-refractivity contribution >= 4 is 11.5 Å². The SMILES string of the molecule is CC(N)c1ccccc1Nc1ccc(F)cn1. The van der Waals surface area contributed by atoms with Crippen LogP contribution >= 0.6 is 0 Å². The van der Waals surface area contributed by atoms with Crippen molar-refractivity contribution < 1.29 is 4.39 Å². The molecule has 1 atom stereocenters. The number of rotatable bonds is 3. The lowest BCUT2D eigenvalue weighted by Gasteiger charge is -2.13. The van der Waals surface area contributed by atoms with Gasteiger partial charge in [0.25, 0.3) is 0 Å². The highest BCUT2D eigenvalue weighted by Crippen LogP contribution is 2.23. The lowest BCUT2D eigenvalue weighted by atomic mass is 10.1. The highest BCUT2D eigenvalue weighted by molar-refractivity contribution is 5.61. The summed E-state index contributed by atoms with van der Waals surface area (Å²) in [5, 5.41) is 3.12. The zero-order valence-electron chi connectivity index (χ0n) is 9.52. The van der Waals surface area contributed by atoms with Gasteiger partial charge in [-0.3, -0.25) is 0 Å². The summed E-state index contributed by atoms with van der Waals surface area (Å²) in [7, 11) is 0. The van der Waals surface area contributed by atoms with Crippen LogP contribution < -0.4 is 11.1 Å². The first-order valence-corrected chi connectivity index (χ1v) is 5.40. The summed E-state index contributed by atoms with van der Waals surface area (Å²) >= 11 is 0. The number of hydrogen-bond acceptors (Lipinski definition) is 3. The van der Waals surface area contributed by atoms with Crippen LogP contribution in [-0.4, -0.2) is 4.98 Å². The highest BCUT2D eigenvalue weighted by Gasteiger charge is 2.06. The predicted octanol–water partition coefficient (Wildman–Crippen LogP) is 2.98. The summed E-state index contributed by atoms with van der Waals surface area (Å²) in [6.07, 6.45) is 1.18. The molecule has 2 rings (SSSR count). The second-order valence-electron chi connectivity index (χ2n) is 3.86. The molecule has 0 aliphatic heterocycles. The van der Waals surface area contributed by atoms with E-state index in [0.29, 0.717) is 5.82 Å². The fourth-order valence-electron chi connectivity index (χ4n) is 1.60. The number of nitrogens with zero attached hydrogens (tertiary/aromatic N) is 1. The molecule has 1 aromatic heterocycles. The third-order valence-electron chi connectivity index (χ3n) is 2.44. The summed E-state index contributed by atoms with van der Waals surface area (Å²) in [5.74, 6) is 0.246. The molecule has 1 unspecified atom stereocenters. The Bertz CT molecular complexity index is 494. The predicted molar refractivity (Wildman–Crippen MR) is 66.5 cm³/mol. The van der Waals surface area contributed by atoms with E-state index in [-0.39, 0.29) is 11.9 Å². The van der Waals surface area contributed by atoms with Crippen molar-refractivity contribution in [2.75, 3.05) is 5.32 Å². The van der Waals surface area contributed by atoms with Crippen LogP contribution in [0.15, 0.2) is 42.6 Å². The molecular formula is C13H14FN3. The minimum atomic E-state index is -0.351. The minimum absolute atomic E-state index is 0.0702. The van der Waals surface area contributed by atoms with E-state index in [2.05, 4.69) is 10.3 Å². The Labute approximate surface area is 99.5 Å². The van der Waals surface area contributed by atoms with Crippen molar-refractivity contribution in [3.05, 3.63) is 54.0 Å². The van der Waals surface area contributed by atoms with Gasteiger partial charge in [-0.05, 0) is 30.7 Å². The molecule has 0 amide bonds. The molecule has 4 heteroatoms. The molecule has 0 saturated carbocycles. The van der Waals surface area contributed by atoms with Crippen molar-refractivity contribution in [3.8, 4) is 0 Å². The van der Waals surface area contributed by atoms with Gasteiger partial charge >= 0.3 is 0 Å². The standard InChI is InChI=1S/C13H14FN3/c1-9(15)11-4-2-3-5-12(11)17-13-7-6-10(14)8-16-13/h2-9H,15H2,1H3,(H,16,17). The average Bonchev–Trinajstić information content (AvgIpc) is 2.32. The minimum Gasteiger partial charge on any atom is -0.340 e. The van der Waals surface area contributed by atoms with Crippen LogP contribution in [0, 0.1) is 5.82 Å². The molecule has 0 radical (unpaired) electrons. The van der Waals surface area contributed by atoms with E-state index in [9.17, 15) is 4.39 Å². The zero-order chi connectivity index (χ0) is 12.3. The molecule has 3 N–H and O–H groups in total.